The second kappa shape index (κ2) is 9.21. The summed E-state index contributed by atoms with van der Waals surface area (Å²) in [5.41, 5.74) is 1.96. The molecule has 0 spiro atoms. The van der Waals surface area contributed by atoms with Crippen molar-refractivity contribution in [1.29, 1.82) is 0 Å². The van der Waals surface area contributed by atoms with Gasteiger partial charge in [0.2, 0.25) is 5.95 Å². The first-order chi connectivity index (χ1) is 14.9. The fraction of sp³-hybridized carbons (Fsp3) is 0.333. The summed E-state index contributed by atoms with van der Waals surface area (Å²) in [4.78, 5) is 30.5. The highest BCUT2D eigenvalue weighted by atomic mass is 35.5. The lowest BCUT2D eigenvalue weighted by atomic mass is 10.2. The molecule has 0 radical (unpaired) electrons. The average molecular weight is 461 g/mol. The van der Waals surface area contributed by atoms with E-state index in [1.54, 1.807) is 24.4 Å². The molecule has 162 valence electrons. The fourth-order valence-electron chi connectivity index (χ4n) is 3.29. The van der Waals surface area contributed by atoms with Gasteiger partial charge in [0.25, 0.3) is 5.91 Å². The van der Waals surface area contributed by atoms with E-state index in [9.17, 15) is 4.79 Å². The topological polar surface area (TPSA) is 83.5 Å². The number of carbonyl (C=O) groups is 1. The summed E-state index contributed by atoms with van der Waals surface area (Å²) in [5.74, 6) is 0.744. The number of aromatic nitrogens is 3. The maximum absolute atomic E-state index is 12.3. The summed E-state index contributed by atoms with van der Waals surface area (Å²) in [5, 5.41) is 4.41. The molecule has 0 aliphatic carbocycles. The molecule has 1 saturated heterocycles. The molecule has 1 aromatic carbocycles. The van der Waals surface area contributed by atoms with Crippen LogP contribution in [-0.4, -0.2) is 65.6 Å². The van der Waals surface area contributed by atoms with Crippen LogP contribution in [0.2, 0.25) is 10.0 Å². The van der Waals surface area contributed by atoms with Gasteiger partial charge in [-0.15, -0.1) is 0 Å². The molecule has 1 fully saturated rings. The van der Waals surface area contributed by atoms with Gasteiger partial charge in [0.05, 0.1) is 22.6 Å². The molecule has 2 aromatic heterocycles. The molecule has 31 heavy (non-hydrogen) atoms. The van der Waals surface area contributed by atoms with E-state index in [-0.39, 0.29) is 12.5 Å². The molecule has 0 atom stereocenters. The van der Waals surface area contributed by atoms with Gasteiger partial charge in [0.1, 0.15) is 5.75 Å². The fourth-order valence-corrected chi connectivity index (χ4v) is 3.75. The van der Waals surface area contributed by atoms with Crippen LogP contribution in [0, 0.1) is 6.92 Å². The van der Waals surface area contributed by atoms with Gasteiger partial charge >= 0.3 is 0 Å². The third-order valence-corrected chi connectivity index (χ3v) is 5.58. The average Bonchev–Trinajstić information content (AvgIpc) is 2.74. The Hall–Kier alpha value is -2.68. The smallest absolute Gasteiger partial charge is 0.262 e. The number of likely N-dealkylation sites (N-methyl/N-ethyl adjacent to an activating group) is 1. The summed E-state index contributed by atoms with van der Waals surface area (Å²) in [6.45, 7) is 5.43. The largest absolute Gasteiger partial charge is 0.482 e. The Kier molecular flexibility index (Phi) is 6.41. The molecule has 3 heterocycles. The van der Waals surface area contributed by atoms with E-state index in [2.05, 4.69) is 37.1 Å². The Morgan fingerprint density at radius 2 is 1.94 bits per heavy atom. The molecule has 1 aliphatic rings. The first kappa shape index (κ1) is 21.5. The lowest BCUT2D eigenvalue weighted by molar-refractivity contribution is -0.118. The maximum atomic E-state index is 12.3. The van der Waals surface area contributed by atoms with Crippen molar-refractivity contribution in [2.24, 2.45) is 0 Å². The molecule has 8 nitrogen and oxygen atoms in total. The predicted octanol–water partition coefficient (Wildman–Crippen LogP) is 3.41. The standard InChI is InChI=1S/C21H22Cl2N6O2/c1-13-16-10-15(26-19(30)12-31-18-4-3-14(22)9-17(18)23)11-24-20(16)27-21(25-13)29-7-5-28(2)6-8-29/h3-4,9-11H,5-8,12H2,1-2H3,(H,26,30). The molecule has 1 N–H and O–H groups in total. The number of anilines is 2. The summed E-state index contributed by atoms with van der Waals surface area (Å²) in [6, 6.07) is 6.64. The molecule has 10 heteroatoms. The normalized spacial score (nSPS) is 14.6. The second-order valence-electron chi connectivity index (χ2n) is 7.41. The van der Waals surface area contributed by atoms with Gasteiger partial charge in [-0.3, -0.25) is 4.79 Å². The number of benzene rings is 1. The van der Waals surface area contributed by atoms with Crippen LogP contribution < -0.4 is 15.0 Å². The SMILES string of the molecule is Cc1nc(N2CCN(C)CC2)nc2ncc(NC(=O)COc3ccc(Cl)cc3Cl)cc12. The van der Waals surface area contributed by atoms with Gasteiger partial charge in [0.15, 0.2) is 12.3 Å². The van der Waals surface area contributed by atoms with E-state index in [0.717, 1.165) is 37.3 Å². The molecule has 0 bridgehead atoms. The maximum Gasteiger partial charge on any atom is 0.262 e. The predicted molar refractivity (Wildman–Crippen MR) is 122 cm³/mol. The van der Waals surface area contributed by atoms with Crippen molar-refractivity contribution < 1.29 is 9.53 Å². The number of amides is 1. The highest BCUT2D eigenvalue weighted by Gasteiger charge is 2.18. The number of piperazine rings is 1. The minimum atomic E-state index is -0.334. The van der Waals surface area contributed by atoms with Crippen LogP contribution in [0.3, 0.4) is 0 Å². The Morgan fingerprint density at radius 1 is 1.16 bits per heavy atom. The van der Waals surface area contributed by atoms with E-state index in [0.29, 0.717) is 33.1 Å². The number of ether oxygens (including phenoxy) is 1. The highest BCUT2D eigenvalue weighted by molar-refractivity contribution is 6.35. The van der Waals surface area contributed by atoms with Crippen LogP contribution in [0.15, 0.2) is 30.5 Å². The number of rotatable bonds is 5. The third kappa shape index (κ3) is 5.15. The molecule has 1 aliphatic heterocycles. The number of aryl methyl sites for hydroxylation is 1. The Labute approximate surface area is 190 Å². The van der Waals surface area contributed by atoms with Crippen molar-refractivity contribution in [3.8, 4) is 5.75 Å². The van der Waals surface area contributed by atoms with Crippen molar-refractivity contribution in [2.45, 2.75) is 6.92 Å². The lowest BCUT2D eigenvalue weighted by Crippen LogP contribution is -2.45. The van der Waals surface area contributed by atoms with Gasteiger partial charge in [-0.25, -0.2) is 9.97 Å². The molecule has 3 aromatic rings. The van der Waals surface area contributed by atoms with E-state index in [4.69, 9.17) is 27.9 Å². The summed E-state index contributed by atoms with van der Waals surface area (Å²) < 4.78 is 5.47. The molecule has 0 unspecified atom stereocenters. The number of hydrogen-bond donors (Lipinski definition) is 1. The van der Waals surface area contributed by atoms with Crippen LogP contribution in [0.1, 0.15) is 5.69 Å². The summed E-state index contributed by atoms with van der Waals surface area (Å²) >= 11 is 11.9. The first-order valence-corrected chi connectivity index (χ1v) is 10.6. The quantitative estimate of drug-likeness (QED) is 0.624. The lowest BCUT2D eigenvalue weighted by Gasteiger charge is -2.32. The second-order valence-corrected chi connectivity index (χ2v) is 8.25. The van der Waals surface area contributed by atoms with Crippen molar-refractivity contribution in [2.75, 3.05) is 50.1 Å². The van der Waals surface area contributed by atoms with Crippen LogP contribution in [0.4, 0.5) is 11.6 Å². The van der Waals surface area contributed by atoms with Gasteiger partial charge < -0.3 is 19.9 Å². The van der Waals surface area contributed by atoms with E-state index in [1.165, 1.54) is 0 Å². The first-order valence-electron chi connectivity index (χ1n) is 9.84. The number of pyridine rings is 1. The Bertz CT molecular complexity index is 1120. The molecule has 0 saturated carbocycles. The van der Waals surface area contributed by atoms with Crippen molar-refractivity contribution in [3.05, 3.63) is 46.2 Å². The van der Waals surface area contributed by atoms with Gasteiger partial charge in [-0.1, -0.05) is 23.2 Å². The summed E-state index contributed by atoms with van der Waals surface area (Å²) in [7, 11) is 2.11. The Balaban J connectivity index is 1.44. The molecular weight excluding hydrogens is 439 g/mol. The van der Waals surface area contributed by atoms with Gasteiger partial charge in [0, 0.05) is 36.6 Å². The van der Waals surface area contributed by atoms with Crippen LogP contribution in [-0.2, 0) is 4.79 Å². The van der Waals surface area contributed by atoms with Gasteiger partial charge in [-0.2, -0.15) is 4.98 Å². The molecular formula is C21H22Cl2N6O2. The Morgan fingerprint density at radius 3 is 2.68 bits per heavy atom. The number of halogens is 2. The number of fused-ring (bicyclic) bond motifs is 1. The van der Waals surface area contributed by atoms with Crippen LogP contribution >= 0.6 is 23.2 Å². The van der Waals surface area contributed by atoms with Crippen molar-refractivity contribution in [1.82, 2.24) is 19.9 Å². The minimum Gasteiger partial charge on any atom is -0.482 e. The molecule has 1 amide bonds. The zero-order chi connectivity index (χ0) is 22.0. The van der Waals surface area contributed by atoms with Crippen molar-refractivity contribution in [3.63, 3.8) is 0 Å². The zero-order valence-corrected chi connectivity index (χ0v) is 18.7. The number of nitrogens with one attached hydrogen (secondary N) is 1. The number of carbonyl (C=O) groups excluding carboxylic acids is 1. The number of hydrogen-bond acceptors (Lipinski definition) is 7. The minimum absolute atomic E-state index is 0.197. The van der Waals surface area contributed by atoms with Gasteiger partial charge in [-0.05, 0) is 38.2 Å². The zero-order valence-electron chi connectivity index (χ0n) is 17.2. The van der Waals surface area contributed by atoms with E-state index >= 15 is 0 Å². The van der Waals surface area contributed by atoms with Crippen molar-refractivity contribution >= 4 is 51.8 Å². The molecule has 4 rings (SSSR count). The highest BCUT2D eigenvalue weighted by Crippen LogP contribution is 2.27. The third-order valence-electron chi connectivity index (χ3n) is 5.05. The van der Waals surface area contributed by atoms with Crippen LogP contribution in [0.5, 0.6) is 5.75 Å². The summed E-state index contributed by atoms with van der Waals surface area (Å²) in [6.07, 6.45) is 1.58. The van der Waals surface area contributed by atoms with E-state index in [1.807, 2.05) is 13.0 Å². The van der Waals surface area contributed by atoms with Crippen LogP contribution in [0.25, 0.3) is 11.0 Å². The monoisotopic (exact) mass is 460 g/mol. The van der Waals surface area contributed by atoms with E-state index < -0.39 is 0 Å². The number of nitrogens with zero attached hydrogens (tertiary/aromatic N) is 5.